The minimum atomic E-state index is 0.303. The summed E-state index contributed by atoms with van der Waals surface area (Å²) in [6, 6.07) is 18.3. The fraction of sp³-hybridized carbons (Fsp3) is 0.100. The number of phenols is 1. The van der Waals surface area contributed by atoms with E-state index in [1.807, 2.05) is 18.2 Å². The van der Waals surface area contributed by atoms with Crippen LogP contribution in [0.4, 0.5) is 0 Å². The molecular formula is C20H17NO. The van der Waals surface area contributed by atoms with Gasteiger partial charge in [-0.05, 0) is 42.5 Å². The number of rotatable bonds is 1. The smallest absolute Gasteiger partial charge is 0.140 e. The molecule has 2 nitrogen and oxygen atoms in total. The number of benzene rings is 3. The third-order valence-corrected chi connectivity index (χ3v) is 4.28. The third-order valence-electron chi connectivity index (χ3n) is 4.28. The molecule has 108 valence electrons. The first-order valence-electron chi connectivity index (χ1n) is 7.44. The van der Waals surface area contributed by atoms with Crippen LogP contribution in [0.25, 0.3) is 27.4 Å². The summed E-state index contributed by atoms with van der Waals surface area (Å²) >= 11 is 0. The second-order valence-electron chi connectivity index (χ2n) is 5.86. The van der Waals surface area contributed by atoms with Gasteiger partial charge < -0.3 is 9.67 Å². The van der Waals surface area contributed by atoms with Gasteiger partial charge in [0.1, 0.15) is 5.75 Å². The SMILES string of the molecule is Cc1ccc2c(C)cn(-c3c(O)ccc4ccccc34)c2c1. The van der Waals surface area contributed by atoms with Gasteiger partial charge in [0.05, 0.1) is 11.2 Å². The second kappa shape index (κ2) is 4.63. The van der Waals surface area contributed by atoms with Gasteiger partial charge in [0.25, 0.3) is 0 Å². The Labute approximate surface area is 129 Å². The Morgan fingerprint density at radius 1 is 0.864 bits per heavy atom. The summed E-state index contributed by atoms with van der Waals surface area (Å²) in [5.74, 6) is 0.303. The molecule has 0 aliphatic carbocycles. The molecule has 2 heteroatoms. The molecule has 4 aromatic rings. The van der Waals surface area contributed by atoms with E-state index in [4.69, 9.17) is 0 Å². The average Bonchev–Trinajstić information content (AvgIpc) is 2.83. The first kappa shape index (κ1) is 13.0. The minimum absolute atomic E-state index is 0.303. The zero-order valence-electron chi connectivity index (χ0n) is 12.7. The molecule has 0 atom stereocenters. The molecule has 0 aliphatic heterocycles. The molecule has 0 fully saturated rings. The number of hydrogen-bond acceptors (Lipinski definition) is 1. The highest BCUT2D eigenvalue weighted by Gasteiger charge is 2.13. The molecule has 0 unspecified atom stereocenters. The maximum absolute atomic E-state index is 10.5. The second-order valence-corrected chi connectivity index (χ2v) is 5.86. The van der Waals surface area contributed by atoms with Crippen molar-refractivity contribution in [3.63, 3.8) is 0 Å². The predicted molar refractivity (Wildman–Crippen MR) is 91.9 cm³/mol. The lowest BCUT2D eigenvalue weighted by Crippen LogP contribution is -1.94. The molecule has 0 radical (unpaired) electrons. The highest BCUT2D eigenvalue weighted by molar-refractivity contribution is 5.96. The highest BCUT2D eigenvalue weighted by atomic mass is 16.3. The van der Waals surface area contributed by atoms with E-state index in [9.17, 15) is 5.11 Å². The lowest BCUT2D eigenvalue weighted by atomic mass is 10.1. The van der Waals surface area contributed by atoms with E-state index < -0.39 is 0 Å². The van der Waals surface area contributed by atoms with E-state index >= 15 is 0 Å². The zero-order valence-corrected chi connectivity index (χ0v) is 12.7. The molecule has 0 saturated heterocycles. The van der Waals surface area contributed by atoms with E-state index in [-0.39, 0.29) is 0 Å². The van der Waals surface area contributed by atoms with Crippen LogP contribution in [0.15, 0.2) is 60.8 Å². The molecule has 3 aromatic carbocycles. The topological polar surface area (TPSA) is 25.2 Å². The maximum Gasteiger partial charge on any atom is 0.140 e. The molecule has 0 bridgehead atoms. The van der Waals surface area contributed by atoms with Crippen LogP contribution in [0.3, 0.4) is 0 Å². The maximum atomic E-state index is 10.5. The van der Waals surface area contributed by atoms with Crippen LogP contribution in [-0.4, -0.2) is 9.67 Å². The quantitative estimate of drug-likeness (QED) is 0.517. The number of nitrogens with zero attached hydrogens (tertiary/aromatic N) is 1. The lowest BCUT2D eigenvalue weighted by molar-refractivity contribution is 0.473. The molecule has 1 heterocycles. The monoisotopic (exact) mass is 287 g/mol. The molecule has 4 rings (SSSR count). The summed E-state index contributed by atoms with van der Waals surface area (Å²) in [6.07, 6.45) is 2.10. The highest BCUT2D eigenvalue weighted by Crippen LogP contribution is 2.34. The summed E-state index contributed by atoms with van der Waals surface area (Å²) in [7, 11) is 0. The fourth-order valence-electron chi connectivity index (χ4n) is 3.19. The van der Waals surface area contributed by atoms with Gasteiger partial charge in [0.15, 0.2) is 0 Å². The Morgan fingerprint density at radius 2 is 1.68 bits per heavy atom. The molecule has 22 heavy (non-hydrogen) atoms. The first-order valence-corrected chi connectivity index (χ1v) is 7.44. The van der Waals surface area contributed by atoms with Crippen molar-refractivity contribution in [3.05, 3.63) is 71.9 Å². The Kier molecular flexibility index (Phi) is 2.73. The largest absolute Gasteiger partial charge is 0.506 e. The molecule has 0 saturated carbocycles. The van der Waals surface area contributed by atoms with Crippen LogP contribution < -0.4 is 0 Å². The average molecular weight is 287 g/mol. The Morgan fingerprint density at radius 3 is 2.55 bits per heavy atom. The van der Waals surface area contributed by atoms with Crippen LogP contribution in [-0.2, 0) is 0 Å². The Hall–Kier alpha value is -2.74. The number of fused-ring (bicyclic) bond motifs is 2. The molecule has 0 spiro atoms. The molecule has 0 aliphatic rings. The van der Waals surface area contributed by atoms with Crippen molar-refractivity contribution in [3.8, 4) is 11.4 Å². The van der Waals surface area contributed by atoms with Crippen molar-refractivity contribution < 1.29 is 5.11 Å². The van der Waals surface area contributed by atoms with Crippen molar-refractivity contribution in [1.29, 1.82) is 0 Å². The van der Waals surface area contributed by atoms with Gasteiger partial charge in [0, 0.05) is 17.0 Å². The van der Waals surface area contributed by atoms with Crippen LogP contribution in [0.5, 0.6) is 5.75 Å². The van der Waals surface area contributed by atoms with Crippen LogP contribution in [0.2, 0.25) is 0 Å². The van der Waals surface area contributed by atoms with Gasteiger partial charge in [-0.15, -0.1) is 0 Å². The van der Waals surface area contributed by atoms with Crippen molar-refractivity contribution in [2.45, 2.75) is 13.8 Å². The fourth-order valence-corrected chi connectivity index (χ4v) is 3.19. The van der Waals surface area contributed by atoms with Gasteiger partial charge in [0.2, 0.25) is 0 Å². The first-order chi connectivity index (χ1) is 10.6. The van der Waals surface area contributed by atoms with Gasteiger partial charge in [-0.1, -0.05) is 42.5 Å². The minimum Gasteiger partial charge on any atom is -0.506 e. The Bertz CT molecular complexity index is 1010. The van der Waals surface area contributed by atoms with Crippen molar-refractivity contribution in [2.75, 3.05) is 0 Å². The van der Waals surface area contributed by atoms with E-state index in [0.717, 1.165) is 22.0 Å². The van der Waals surface area contributed by atoms with Crippen LogP contribution in [0, 0.1) is 13.8 Å². The lowest BCUT2D eigenvalue weighted by Gasteiger charge is -2.12. The normalized spacial score (nSPS) is 11.4. The summed E-state index contributed by atoms with van der Waals surface area (Å²) in [5, 5.41) is 13.9. The number of hydrogen-bond donors (Lipinski definition) is 1. The van der Waals surface area contributed by atoms with E-state index in [2.05, 4.69) is 54.9 Å². The van der Waals surface area contributed by atoms with Gasteiger partial charge in [-0.3, -0.25) is 0 Å². The predicted octanol–water partition coefficient (Wildman–Crippen LogP) is 5.11. The van der Waals surface area contributed by atoms with Gasteiger partial charge in [-0.25, -0.2) is 0 Å². The standard InChI is InChI=1S/C20H17NO/c1-13-7-9-16-14(2)12-21(18(16)11-13)20-17-6-4-3-5-15(17)8-10-19(20)22/h3-12,22H,1-2H3. The Balaban J connectivity index is 2.16. The van der Waals surface area contributed by atoms with Crippen LogP contribution in [0.1, 0.15) is 11.1 Å². The van der Waals surface area contributed by atoms with Gasteiger partial charge in [-0.2, -0.15) is 0 Å². The van der Waals surface area contributed by atoms with Crippen LogP contribution >= 0.6 is 0 Å². The number of aromatic nitrogens is 1. The molecular weight excluding hydrogens is 270 g/mol. The number of phenolic OH excluding ortho intramolecular Hbond substituents is 1. The summed E-state index contributed by atoms with van der Waals surface area (Å²) in [4.78, 5) is 0. The summed E-state index contributed by atoms with van der Waals surface area (Å²) in [5.41, 5.74) is 4.40. The molecule has 0 amide bonds. The van der Waals surface area contributed by atoms with Gasteiger partial charge >= 0.3 is 0 Å². The third kappa shape index (κ3) is 1.81. The van der Waals surface area contributed by atoms with Crippen molar-refractivity contribution in [2.24, 2.45) is 0 Å². The van der Waals surface area contributed by atoms with Crippen molar-refractivity contribution >= 4 is 21.7 Å². The van der Waals surface area contributed by atoms with E-state index in [1.54, 1.807) is 6.07 Å². The zero-order chi connectivity index (χ0) is 15.3. The van der Waals surface area contributed by atoms with E-state index in [1.165, 1.54) is 16.5 Å². The van der Waals surface area contributed by atoms with E-state index in [0.29, 0.717) is 5.75 Å². The number of aromatic hydroxyl groups is 1. The molecule has 1 N–H and O–H groups in total. The summed E-state index contributed by atoms with van der Waals surface area (Å²) < 4.78 is 2.11. The number of aryl methyl sites for hydroxylation is 2. The molecule has 1 aromatic heterocycles. The summed E-state index contributed by atoms with van der Waals surface area (Å²) in [6.45, 7) is 4.20. The van der Waals surface area contributed by atoms with Crippen molar-refractivity contribution in [1.82, 2.24) is 4.57 Å².